The molecule has 1 unspecified atom stereocenters. The molecular weight excluding hydrogens is 268 g/mol. The van der Waals surface area contributed by atoms with Crippen molar-refractivity contribution in [2.75, 3.05) is 7.11 Å². The van der Waals surface area contributed by atoms with Gasteiger partial charge in [-0.3, -0.25) is 0 Å². The van der Waals surface area contributed by atoms with Crippen molar-refractivity contribution in [3.05, 3.63) is 58.0 Å². The third-order valence-electron chi connectivity index (χ3n) is 2.89. The fourth-order valence-electron chi connectivity index (χ4n) is 1.78. The summed E-state index contributed by atoms with van der Waals surface area (Å²) in [6.45, 7) is 1.81. The molecule has 100 valence electrons. The quantitative estimate of drug-likeness (QED) is 0.878. The van der Waals surface area contributed by atoms with Crippen molar-refractivity contribution in [1.82, 2.24) is 0 Å². The molecule has 5 heteroatoms. The maximum absolute atomic E-state index is 11.3. The Kier molecular flexibility index (Phi) is 3.93. The maximum atomic E-state index is 11.3. The number of ether oxygens (including phenoxy) is 1. The molecule has 2 aromatic rings. The molecule has 0 radical (unpaired) electrons. The fourth-order valence-corrected chi connectivity index (χ4v) is 1.97. The SMILES string of the molecule is COC(=O)c1ccc(C(O)c2cccc(Cl)c2C)o1. The van der Waals surface area contributed by atoms with E-state index in [-0.39, 0.29) is 11.5 Å². The van der Waals surface area contributed by atoms with Crippen molar-refractivity contribution in [3.63, 3.8) is 0 Å². The van der Waals surface area contributed by atoms with Gasteiger partial charge in [-0.15, -0.1) is 0 Å². The normalized spacial score (nSPS) is 12.2. The minimum atomic E-state index is -0.975. The van der Waals surface area contributed by atoms with Crippen molar-refractivity contribution in [2.24, 2.45) is 0 Å². The molecule has 0 aliphatic heterocycles. The smallest absolute Gasteiger partial charge is 0.373 e. The summed E-state index contributed by atoms with van der Waals surface area (Å²) in [5.41, 5.74) is 1.41. The third kappa shape index (κ3) is 2.64. The van der Waals surface area contributed by atoms with Crippen LogP contribution >= 0.6 is 11.6 Å². The van der Waals surface area contributed by atoms with Crippen LogP contribution in [0, 0.1) is 6.92 Å². The number of benzene rings is 1. The number of esters is 1. The molecule has 0 aliphatic carbocycles. The lowest BCUT2D eigenvalue weighted by molar-refractivity contribution is 0.0558. The van der Waals surface area contributed by atoms with E-state index in [9.17, 15) is 9.90 Å². The van der Waals surface area contributed by atoms with Gasteiger partial charge in [0.1, 0.15) is 11.9 Å². The van der Waals surface area contributed by atoms with E-state index in [1.807, 2.05) is 6.92 Å². The summed E-state index contributed by atoms with van der Waals surface area (Å²) in [5.74, 6) is -0.261. The lowest BCUT2D eigenvalue weighted by atomic mass is 10.0. The lowest BCUT2D eigenvalue weighted by Gasteiger charge is -2.12. The molecule has 1 aromatic heterocycles. The zero-order chi connectivity index (χ0) is 14.0. The maximum Gasteiger partial charge on any atom is 0.373 e. The number of carbonyl (C=O) groups is 1. The van der Waals surface area contributed by atoms with Crippen molar-refractivity contribution in [1.29, 1.82) is 0 Å². The second kappa shape index (κ2) is 5.47. The van der Waals surface area contributed by atoms with Crippen LogP contribution in [0.2, 0.25) is 5.02 Å². The molecule has 1 aromatic carbocycles. The first-order valence-corrected chi connectivity index (χ1v) is 6.03. The van der Waals surface area contributed by atoms with Gasteiger partial charge >= 0.3 is 5.97 Å². The Morgan fingerprint density at radius 3 is 2.79 bits per heavy atom. The number of halogens is 1. The van der Waals surface area contributed by atoms with Crippen LogP contribution in [0.4, 0.5) is 0 Å². The van der Waals surface area contributed by atoms with E-state index < -0.39 is 12.1 Å². The van der Waals surface area contributed by atoms with Gasteiger partial charge in [0.2, 0.25) is 5.76 Å². The molecule has 0 bridgehead atoms. The number of carbonyl (C=O) groups excluding carboxylic acids is 1. The summed E-state index contributed by atoms with van der Waals surface area (Å²) in [5, 5.41) is 10.8. The van der Waals surface area contributed by atoms with E-state index in [1.54, 1.807) is 18.2 Å². The highest BCUT2D eigenvalue weighted by Gasteiger charge is 2.20. The van der Waals surface area contributed by atoms with E-state index in [0.717, 1.165) is 5.56 Å². The second-order valence-electron chi connectivity index (χ2n) is 4.05. The van der Waals surface area contributed by atoms with Gasteiger partial charge in [0, 0.05) is 5.02 Å². The minimum Gasteiger partial charge on any atom is -0.463 e. The molecule has 0 spiro atoms. The number of aliphatic hydroxyl groups excluding tert-OH is 1. The molecule has 0 saturated carbocycles. The van der Waals surface area contributed by atoms with Crippen LogP contribution in [0.1, 0.15) is 33.5 Å². The predicted molar refractivity (Wildman–Crippen MR) is 70.3 cm³/mol. The number of rotatable bonds is 3. The van der Waals surface area contributed by atoms with Gasteiger partial charge in [-0.1, -0.05) is 23.7 Å². The van der Waals surface area contributed by atoms with Crippen LogP contribution in [0.15, 0.2) is 34.7 Å². The molecule has 0 fully saturated rings. The number of hydrogen-bond donors (Lipinski definition) is 1. The summed E-state index contributed by atoms with van der Waals surface area (Å²) >= 11 is 6.01. The largest absolute Gasteiger partial charge is 0.463 e. The first kappa shape index (κ1) is 13.6. The number of hydrogen-bond acceptors (Lipinski definition) is 4. The van der Waals surface area contributed by atoms with Gasteiger partial charge < -0.3 is 14.3 Å². The van der Waals surface area contributed by atoms with Crippen LogP contribution in [-0.2, 0) is 4.74 Å². The first-order chi connectivity index (χ1) is 9.04. The Hall–Kier alpha value is -1.78. The molecular formula is C14H13ClO4. The van der Waals surface area contributed by atoms with E-state index in [1.165, 1.54) is 19.2 Å². The van der Waals surface area contributed by atoms with Gasteiger partial charge in [-0.2, -0.15) is 0 Å². The second-order valence-corrected chi connectivity index (χ2v) is 4.46. The van der Waals surface area contributed by atoms with Crippen LogP contribution in [-0.4, -0.2) is 18.2 Å². The number of methoxy groups -OCH3 is 1. The lowest BCUT2D eigenvalue weighted by Crippen LogP contribution is -2.02. The van der Waals surface area contributed by atoms with Gasteiger partial charge in [0.15, 0.2) is 0 Å². The zero-order valence-corrected chi connectivity index (χ0v) is 11.3. The highest BCUT2D eigenvalue weighted by molar-refractivity contribution is 6.31. The molecule has 0 amide bonds. The molecule has 4 nitrogen and oxygen atoms in total. The Labute approximate surface area is 115 Å². The topological polar surface area (TPSA) is 59.7 Å². The van der Waals surface area contributed by atoms with Crippen molar-refractivity contribution < 1.29 is 19.1 Å². The Morgan fingerprint density at radius 2 is 2.11 bits per heavy atom. The third-order valence-corrected chi connectivity index (χ3v) is 3.30. The molecule has 0 aliphatic rings. The average molecular weight is 281 g/mol. The first-order valence-electron chi connectivity index (χ1n) is 5.65. The predicted octanol–water partition coefficient (Wildman–Crippen LogP) is 3.11. The van der Waals surface area contributed by atoms with E-state index in [4.69, 9.17) is 16.0 Å². The van der Waals surface area contributed by atoms with E-state index in [0.29, 0.717) is 10.6 Å². The Balaban J connectivity index is 2.34. The van der Waals surface area contributed by atoms with Gasteiger partial charge in [-0.05, 0) is 36.2 Å². The van der Waals surface area contributed by atoms with Crippen LogP contribution in [0.25, 0.3) is 0 Å². The summed E-state index contributed by atoms with van der Waals surface area (Å²) in [6.07, 6.45) is -0.975. The fraction of sp³-hybridized carbons (Fsp3) is 0.214. The monoisotopic (exact) mass is 280 g/mol. The molecule has 1 N–H and O–H groups in total. The minimum absolute atomic E-state index is 0.0521. The average Bonchev–Trinajstić information content (AvgIpc) is 2.90. The van der Waals surface area contributed by atoms with E-state index in [2.05, 4.69) is 4.74 Å². The van der Waals surface area contributed by atoms with Gasteiger partial charge in [0.25, 0.3) is 0 Å². The molecule has 19 heavy (non-hydrogen) atoms. The van der Waals surface area contributed by atoms with Gasteiger partial charge in [0.05, 0.1) is 7.11 Å². The Morgan fingerprint density at radius 1 is 1.37 bits per heavy atom. The van der Waals surface area contributed by atoms with Gasteiger partial charge in [-0.25, -0.2) is 4.79 Å². The zero-order valence-electron chi connectivity index (χ0n) is 10.5. The highest BCUT2D eigenvalue weighted by Crippen LogP contribution is 2.29. The molecule has 1 atom stereocenters. The summed E-state index contributed by atoms with van der Waals surface area (Å²) < 4.78 is 9.82. The number of aliphatic hydroxyl groups is 1. The molecule has 0 saturated heterocycles. The number of furan rings is 1. The summed E-state index contributed by atoms with van der Waals surface area (Å²) in [4.78, 5) is 11.3. The summed E-state index contributed by atoms with van der Waals surface area (Å²) in [7, 11) is 1.27. The van der Waals surface area contributed by atoms with Crippen molar-refractivity contribution in [2.45, 2.75) is 13.0 Å². The highest BCUT2D eigenvalue weighted by atomic mass is 35.5. The van der Waals surface area contributed by atoms with Crippen LogP contribution in [0.3, 0.4) is 0 Å². The van der Waals surface area contributed by atoms with Crippen LogP contribution in [0.5, 0.6) is 0 Å². The van der Waals surface area contributed by atoms with Crippen LogP contribution < -0.4 is 0 Å². The Bertz CT molecular complexity index is 603. The van der Waals surface area contributed by atoms with E-state index >= 15 is 0 Å². The summed E-state index contributed by atoms with van der Waals surface area (Å²) in [6, 6.07) is 8.25. The molecule has 1 heterocycles. The van der Waals surface area contributed by atoms with Crippen molar-refractivity contribution in [3.8, 4) is 0 Å². The standard InChI is InChI=1S/C14H13ClO4/c1-8-9(4-3-5-10(8)15)13(16)11-6-7-12(19-11)14(17)18-2/h3-7,13,16H,1-2H3. The van der Waals surface area contributed by atoms with Crippen molar-refractivity contribution >= 4 is 17.6 Å². The molecule has 2 rings (SSSR count).